The molecule has 3 aliphatic rings. The molecule has 4 nitrogen and oxygen atoms in total. The molecule has 1 saturated heterocycles. The molecule has 0 radical (unpaired) electrons. The quantitative estimate of drug-likeness (QED) is 0.735. The summed E-state index contributed by atoms with van der Waals surface area (Å²) in [5.74, 6) is -1.27. The molecule has 4 unspecified atom stereocenters. The highest BCUT2D eigenvalue weighted by Gasteiger charge is 2.39. The third-order valence-electron chi connectivity index (χ3n) is 5.64. The fourth-order valence-corrected chi connectivity index (χ4v) is 5.84. The Morgan fingerprint density at radius 2 is 2.07 bits per heavy atom. The van der Waals surface area contributed by atoms with Gasteiger partial charge in [0.15, 0.2) is 5.83 Å². The number of fused-ring (bicyclic) bond motifs is 1. The van der Waals surface area contributed by atoms with Crippen molar-refractivity contribution in [1.82, 2.24) is 14.7 Å². The monoisotopic (exact) mass is 430 g/mol. The van der Waals surface area contributed by atoms with Gasteiger partial charge in [-0.1, -0.05) is 0 Å². The van der Waals surface area contributed by atoms with E-state index >= 15 is 0 Å². The third-order valence-corrected chi connectivity index (χ3v) is 7.18. The number of hydrogen-bond acceptors (Lipinski definition) is 4. The molecule has 3 heterocycles. The van der Waals surface area contributed by atoms with Crippen molar-refractivity contribution in [2.24, 2.45) is 5.73 Å². The van der Waals surface area contributed by atoms with E-state index in [1.165, 1.54) is 31.7 Å². The second kappa shape index (κ2) is 7.74. The second-order valence-electron chi connectivity index (χ2n) is 8.79. The molecule has 0 aromatic carbocycles. The number of aromatic nitrogens is 2. The highest BCUT2D eigenvalue weighted by atomic mass is 32.2. The van der Waals surface area contributed by atoms with E-state index in [-0.39, 0.29) is 18.2 Å². The number of rotatable bonds is 4. The smallest absolute Gasteiger partial charge is 0.158 e. The number of allylic oxidation sites excluding steroid dienone is 3. The highest BCUT2D eigenvalue weighted by molar-refractivity contribution is 8.00. The molecule has 1 aliphatic carbocycles. The maximum Gasteiger partial charge on any atom is 0.158 e. The fourth-order valence-electron chi connectivity index (χ4n) is 4.34. The largest absolute Gasteiger partial charge is 0.326 e. The van der Waals surface area contributed by atoms with E-state index in [2.05, 4.69) is 10.00 Å². The predicted octanol–water partition coefficient (Wildman–Crippen LogP) is 3.97. The molecule has 29 heavy (non-hydrogen) atoms. The van der Waals surface area contributed by atoms with Gasteiger partial charge >= 0.3 is 0 Å². The number of alkyl halides is 2. The van der Waals surface area contributed by atoms with E-state index < -0.39 is 41.2 Å². The molecule has 1 aromatic heterocycles. The van der Waals surface area contributed by atoms with Gasteiger partial charge in [-0.2, -0.15) is 16.9 Å². The Labute approximate surface area is 172 Å². The molecule has 0 spiro atoms. The van der Waals surface area contributed by atoms with Crippen LogP contribution in [0, 0.1) is 0 Å². The first-order valence-corrected chi connectivity index (χ1v) is 10.9. The van der Waals surface area contributed by atoms with Crippen LogP contribution < -0.4 is 5.73 Å². The van der Waals surface area contributed by atoms with Gasteiger partial charge in [0.1, 0.15) is 17.7 Å². The minimum absolute atomic E-state index is 0.0621. The number of halogens is 4. The lowest BCUT2D eigenvalue weighted by Gasteiger charge is -2.39. The van der Waals surface area contributed by atoms with E-state index in [0.29, 0.717) is 25.3 Å². The Bertz CT molecular complexity index is 821. The van der Waals surface area contributed by atoms with Gasteiger partial charge in [0.2, 0.25) is 0 Å². The lowest BCUT2D eigenvalue weighted by atomic mass is 9.93. The Kier molecular flexibility index (Phi) is 5.59. The van der Waals surface area contributed by atoms with Crippen molar-refractivity contribution in [3.8, 4) is 0 Å². The van der Waals surface area contributed by atoms with E-state index in [9.17, 15) is 17.6 Å². The normalized spacial score (nSPS) is 31.2. The summed E-state index contributed by atoms with van der Waals surface area (Å²) in [6.07, 6.45) is 1.65. The van der Waals surface area contributed by atoms with Crippen molar-refractivity contribution >= 4 is 11.8 Å². The summed E-state index contributed by atoms with van der Waals surface area (Å²) >= 11 is 1.46. The van der Waals surface area contributed by atoms with Crippen LogP contribution in [0.2, 0.25) is 0 Å². The van der Waals surface area contributed by atoms with E-state index in [1.54, 1.807) is 4.68 Å². The third kappa shape index (κ3) is 4.41. The lowest BCUT2D eigenvalue weighted by Crippen LogP contribution is -2.48. The van der Waals surface area contributed by atoms with Crippen LogP contribution in [0.1, 0.15) is 37.9 Å². The average Bonchev–Trinajstić information content (AvgIpc) is 3.15. The van der Waals surface area contributed by atoms with Crippen molar-refractivity contribution in [3.63, 3.8) is 0 Å². The fraction of sp³-hybridized carbons (Fsp3) is 0.650. The molecule has 2 aliphatic heterocycles. The van der Waals surface area contributed by atoms with Gasteiger partial charge in [0, 0.05) is 59.9 Å². The summed E-state index contributed by atoms with van der Waals surface area (Å²) < 4.78 is 57.1. The van der Waals surface area contributed by atoms with Crippen LogP contribution in [0.4, 0.5) is 17.6 Å². The van der Waals surface area contributed by atoms with Gasteiger partial charge in [-0.05, 0) is 26.3 Å². The van der Waals surface area contributed by atoms with Gasteiger partial charge in [-0.25, -0.2) is 17.6 Å². The Morgan fingerprint density at radius 3 is 2.72 bits per heavy atom. The van der Waals surface area contributed by atoms with Gasteiger partial charge in [0.25, 0.3) is 0 Å². The van der Waals surface area contributed by atoms with Crippen LogP contribution in [-0.2, 0) is 19.6 Å². The average molecular weight is 431 g/mol. The standard InChI is InChI=1S/C20H26F4N4S/c1-20(2,24)10-28-7-11-6-27(8-17(11)26-28)13-5-16(25)19(29-9-13)14-3-12(21)4-15(22)18(14)23/h3,7,12-13,16,19H,4-6,8-10,25H2,1-2H3. The summed E-state index contributed by atoms with van der Waals surface area (Å²) in [4.78, 5) is 2.27. The van der Waals surface area contributed by atoms with E-state index in [1.807, 2.05) is 6.20 Å². The van der Waals surface area contributed by atoms with Gasteiger partial charge in [-0.3, -0.25) is 9.58 Å². The summed E-state index contributed by atoms with van der Waals surface area (Å²) in [6.45, 7) is 4.64. The SMILES string of the molecule is CC(C)(F)Cn1cc2c(n1)CN(C1CSC(C3=CC(F)CC(F)=C3F)C(N)C1)C2. The van der Waals surface area contributed by atoms with E-state index in [4.69, 9.17) is 5.73 Å². The van der Waals surface area contributed by atoms with Crippen LogP contribution in [0.15, 0.2) is 29.5 Å². The molecule has 4 atom stereocenters. The van der Waals surface area contributed by atoms with Gasteiger partial charge in [-0.15, -0.1) is 0 Å². The minimum Gasteiger partial charge on any atom is -0.326 e. The zero-order chi connectivity index (χ0) is 20.9. The highest BCUT2D eigenvalue weighted by Crippen LogP contribution is 2.41. The topological polar surface area (TPSA) is 47.1 Å². The van der Waals surface area contributed by atoms with Crippen LogP contribution in [0.3, 0.4) is 0 Å². The summed E-state index contributed by atoms with van der Waals surface area (Å²) in [6, 6.07) is -0.220. The van der Waals surface area contributed by atoms with Crippen molar-refractivity contribution in [2.45, 2.75) is 75.5 Å². The van der Waals surface area contributed by atoms with Crippen molar-refractivity contribution in [2.75, 3.05) is 5.75 Å². The number of thioether (sulfide) groups is 1. The molecule has 160 valence electrons. The van der Waals surface area contributed by atoms with Crippen LogP contribution in [0.5, 0.6) is 0 Å². The van der Waals surface area contributed by atoms with E-state index in [0.717, 1.165) is 11.3 Å². The molecule has 0 saturated carbocycles. The molecule has 2 N–H and O–H groups in total. The van der Waals surface area contributed by atoms with Crippen molar-refractivity contribution in [3.05, 3.63) is 40.8 Å². The van der Waals surface area contributed by atoms with Gasteiger partial charge in [0.05, 0.1) is 12.2 Å². The zero-order valence-corrected chi connectivity index (χ0v) is 17.4. The van der Waals surface area contributed by atoms with Crippen LogP contribution in [-0.4, -0.2) is 49.6 Å². The molecular weight excluding hydrogens is 404 g/mol. The molecule has 1 fully saturated rings. The summed E-state index contributed by atoms with van der Waals surface area (Å²) in [7, 11) is 0. The number of nitrogens with two attached hydrogens (primary N) is 1. The molecule has 0 bridgehead atoms. The maximum absolute atomic E-state index is 14.2. The minimum atomic E-state index is -1.50. The first-order valence-electron chi connectivity index (χ1n) is 9.86. The molecule has 9 heteroatoms. The first kappa shape index (κ1) is 20.9. The first-order chi connectivity index (χ1) is 13.6. The summed E-state index contributed by atoms with van der Waals surface area (Å²) in [5.41, 5.74) is 7.08. The van der Waals surface area contributed by atoms with Gasteiger partial charge < -0.3 is 5.73 Å². The number of nitrogens with zero attached hydrogens (tertiary/aromatic N) is 3. The second-order valence-corrected chi connectivity index (χ2v) is 9.97. The van der Waals surface area contributed by atoms with Crippen LogP contribution >= 0.6 is 11.8 Å². The van der Waals surface area contributed by atoms with Crippen LogP contribution in [0.25, 0.3) is 0 Å². The molecule has 4 rings (SSSR count). The molecular formula is C20H26F4N4S. The lowest BCUT2D eigenvalue weighted by molar-refractivity contribution is 0.173. The predicted molar refractivity (Wildman–Crippen MR) is 106 cm³/mol. The summed E-state index contributed by atoms with van der Waals surface area (Å²) in [5, 5.41) is 4.06. The van der Waals surface area contributed by atoms with Crippen molar-refractivity contribution < 1.29 is 17.6 Å². The molecule has 0 amide bonds. The van der Waals surface area contributed by atoms with Crippen molar-refractivity contribution in [1.29, 1.82) is 0 Å². The Morgan fingerprint density at radius 1 is 1.31 bits per heavy atom. The zero-order valence-electron chi connectivity index (χ0n) is 16.5. The maximum atomic E-state index is 14.2. The number of hydrogen-bond donors (Lipinski definition) is 1. The Hall–Kier alpha value is -1.32. The molecule has 1 aromatic rings. The Balaban J connectivity index is 1.39.